The number of rotatable bonds is 24. The molecule has 0 N–H and O–H groups in total. The summed E-state index contributed by atoms with van der Waals surface area (Å²) in [5, 5.41) is 0. The number of aromatic nitrogens is 6. The van der Waals surface area contributed by atoms with Gasteiger partial charge in [0.05, 0.1) is 39.3 Å². The van der Waals surface area contributed by atoms with Gasteiger partial charge in [0.25, 0.3) is 0 Å². The zero-order valence-electron chi connectivity index (χ0n) is 57.9. The van der Waals surface area contributed by atoms with E-state index in [2.05, 4.69) is 59.3 Å². The number of anilines is 6. The Morgan fingerprint density at radius 3 is 0.485 bits per heavy atom. The van der Waals surface area contributed by atoms with Gasteiger partial charge in [-0.05, 0) is 72.8 Å². The van der Waals surface area contributed by atoms with E-state index in [1.165, 1.54) is 0 Å². The second kappa shape index (κ2) is 36.1. The van der Waals surface area contributed by atoms with Crippen LogP contribution in [-0.2, 0) is 57.2 Å². The minimum Gasteiger partial charge on any atom is -0.453 e. The molecular formula is C72H91ClN18O12. The molecule has 31 heteroatoms. The number of carbonyl (C=O) groups is 6. The van der Waals surface area contributed by atoms with Crippen molar-refractivity contribution in [2.75, 3.05) is 226 Å². The predicted molar refractivity (Wildman–Crippen MR) is 384 cm³/mol. The normalized spacial score (nSPS) is 22.8. The first kappa shape index (κ1) is 73.3. The molecule has 13 rings (SSSR count). The maximum absolute atomic E-state index is 15.2. The molecule has 7 fully saturated rings. The fourth-order valence-corrected chi connectivity index (χ4v) is 14.2. The van der Waals surface area contributed by atoms with E-state index >= 15 is 28.8 Å². The van der Waals surface area contributed by atoms with Crippen molar-refractivity contribution < 1.29 is 57.2 Å². The SMILES string of the molecule is Cl.O=C(CN1CCN(c2ccccn2)CC1)OC1C(OC(=O)CN2CCN(c3ccccn3)CC2)C(OC(=O)CN2CCN(c3ccccn3)CC2)C(OC(=O)CN2CCN(c3ccccn3)CC2)C(OC(=O)CN2CCN(c3ccccn3)CC2)C1OC(=O)CN1CCN(c2ccccn2)CC1. The molecule has 0 radical (unpaired) electrons. The lowest BCUT2D eigenvalue weighted by atomic mass is 9.83. The van der Waals surface area contributed by atoms with Crippen LogP contribution in [-0.4, -0.2) is 328 Å². The van der Waals surface area contributed by atoms with Gasteiger partial charge in [0.15, 0.2) is 36.6 Å². The molecule has 548 valence electrons. The van der Waals surface area contributed by atoms with Crippen LogP contribution < -0.4 is 29.4 Å². The quantitative estimate of drug-likeness (QED) is 0.0608. The molecule has 0 atom stereocenters. The second-order valence-corrected chi connectivity index (χ2v) is 26.4. The van der Waals surface area contributed by atoms with Crippen LogP contribution in [0.1, 0.15) is 0 Å². The van der Waals surface area contributed by atoms with E-state index < -0.39 is 72.4 Å². The molecule has 0 unspecified atom stereocenters. The summed E-state index contributed by atoms with van der Waals surface area (Å²) in [5.74, 6) is -0.105. The maximum atomic E-state index is 15.2. The van der Waals surface area contributed by atoms with E-state index in [0.29, 0.717) is 157 Å². The molecule has 12 heterocycles. The Balaban J connectivity index is 0.00001000. The van der Waals surface area contributed by atoms with Gasteiger partial charge in [-0.3, -0.25) is 58.2 Å². The van der Waals surface area contributed by atoms with Crippen molar-refractivity contribution in [1.82, 2.24) is 59.3 Å². The molecule has 103 heavy (non-hydrogen) atoms. The molecule has 0 bridgehead atoms. The highest BCUT2D eigenvalue weighted by Crippen LogP contribution is 2.36. The van der Waals surface area contributed by atoms with Gasteiger partial charge in [-0.15, -0.1) is 12.4 Å². The molecule has 0 aromatic carbocycles. The number of nitrogens with zero attached hydrogens (tertiary/aromatic N) is 18. The van der Waals surface area contributed by atoms with Crippen molar-refractivity contribution >= 4 is 83.1 Å². The smallest absolute Gasteiger partial charge is 0.320 e. The zero-order chi connectivity index (χ0) is 70.0. The summed E-state index contributed by atoms with van der Waals surface area (Å²) in [4.78, 5) is 143. The number of piperazine rings is 6. The number of hydrogen-bond acceptors (Lipinski definition) is 30. The summed E-state index contributed by atoms with van der Waals surface area (Å²) in [5.41, 5.74) is 0. The predicted octanol–water partition coefficient (Wildman–Crippen LogP) is 1.20. The number of ether oxygens (including phenoxy) is 6. The molecule has 1 aliphatic carbocycles. The van der Waals surface area contributed by atoms with Gasteiger partial charge in [-0.1, -0.05) is 36.4 Å². The lowest BCUT2D eigenvalue weighted by Gasteiger charge is -2.48. The summed E-state index contributed by atoms with van der Waals surface area (Å²) in [6, 6.07) is 34.1. The van der Waals surface area contributed by atoms with Crippen LogP contribution in [0.5, 0.6) is 0 Å². The number of hydrogen-bond donors (Lipinski definition) is 0. The van der Waals surface area contributed by atoms with Gasteiger partial charge in [-0.25, -0.2) is 29.9 Å². The van der Waals surface area contributed by atoms with E-state index in [0.717, 1.165) is 34.9 Å². The summed E-state index contributed by atoms with van der Waals surface area (Å²) in [7, 11) is 0. The molecular weight excluding hydrogens is 1340 g/mol. The Hall–Kier alpha value is -9.43. The van der Waals surface area contributed by atoms with E-state index in [4.69, 9.17) is 28.4 Å². The van der Waals surface area contributed by atoms with Crippen LogP contribution >= 0.6 is 12.4 Å². The minimum absolute atomic E-state index is 0. The molecule has 0 spiro atoms. The molecule has 30 nitrogen and oxygen atoms in total. The third-order valence-corrected chi connectivity index (χ3v) is 19.7. The Bertz CT molecular complexity index is 3020. The number of esters is 6. The van der Waals surface area contributed by atoms with Crippen LogP contribution in [0.3, 0.4) is 0 Å². The first-order valence-electron chi connectivity index (χ1n) is 35.4. The van der Waals surface area contributed by atoms with Gasteiger partial charge in [-0.2, -0.15) is 0 Å². The largest absolute Gasteiger partial charge is 0.453 e. The highest BCUT2D eigenvalue weighted by atomic mass is 35.5. The second-order valence-electron chi connectivity index (χ2n) is 26.4. The highest BCUT2D eigenvalue weighted by molar-refractivity contribution is 5.85. The van der Waals surface area contributed by atoms with Crippen molar-refractivity contribution in [1.29, 1.82) is 0 Å². The molecule has 6 saturated heterocycles. The first-order valence-corrected chi connectivity index (χ1v) is 35.4. The number of halogens is 1. The van der Waals surface area contributed by atoms with Crippen LogP contribution in [0, 0.1) is 0 Å². The van der Waals surface area contributed by atoms with Crippen LogP contribution in [0.15, 0.2) is 146 Å². The lowest BCUT2D eigenvalue weighted by molar-refractivity contribution is -0.262. The molecule has 0 amide bonds. The van der Waals surface area contributed by atoms with E-state index in [-0.39, 0.29) is 51.7 Å². The van der Waals surface area contributed by atoms with Crippen molar-refractivity contribution in [3.05, 3.63) is 146 Å². The van der Waals surface area contributed by atoms with Gasteiger partial charge in [0, 0.05) is 194 Å². The van der Waals surface area contributed by atoms with Crippen LogP contribution in [0.2, 0.25) is 0 Å². The van der Waals surface area contributed by atoms with Crippen LogP contribution in [0.4, 0.5) is 34.9 Å². The molecule has 1 saturated carbocycles. The van der Waals surface area contributed by atoms with Crippen molar-refractivity contribution in [2.45, 2.75) is 36.6 Å². The lowest BCUT2D eigenvalue weighted by Crippen LogP contribution is -2.70. The monoisotopic (exact) mass is 1430 g/mol. The molecule has 7 aliphatic rings. The Morgan fingerprint density at radius 1 is 0.233 bits per heavy atom. The first-order chi connectivity index (χ1) is 50.0. The van der Waals surface area contributed by atoms with Crippen LogP contribution in [0.25, 0.3) is 0 Å². The van der Waals surface area contributed by atoms with Gasteiger partial charge in [0.2, 0.25) is 0 Å². The topological polar surface area (TPSA) is 274 Å². The standard InChI is InChI=1S/C72H90N18O12.ClH/c91-61(49-79-25-37-85(38-26-79)55-13-1-7-19-73-55)97-67-68(98-62(92)50-80-27-39-86(40-28-80)56-14-2-8-20-74-56)70(100-64(94)52-82-31-43-88(44-32-82)58-16-4-10-22-76-58)72(102-66(96)54-84-35-47-90(48-36-84)60-18-6-12-24-78-60)71(101-65(95)53-83-33-45-89(46-34-83)59-17-5-11-23-77-59)69(67)99-63(93)51-81-29-41-87(42-30-81)57-15-3-9-21-75-57;/h1-24,67-72H,25-54H2;1H. The maximum Gasteiger partial charge on any atom is 0.320 e. The molecule has 6 aliphatic heterocycles. The van der Waals surface area contributed by atoms with Crippen molar-refractivity contribution in [2.24, 2.45) is 0 Å². The van der Waals surface area contributed by atoms with E-state index in [1.54, 1.807) is 37.2 Å². The van der Waals surface area contributed by atoms with E-state index in [1.807, 2.05) is 139 Å². The third-order valence-electron chi connectivity index (χ3n) is 19.7. The fraction of sp³-hybridized carbons (Fsp3) is 0.500. The van der Waals surface area contributed by atoms with Gasteiger partial charge in [0.1, 0.15) is 34.9 Å². The van der Waals surface area contributed by atoms with Crippen molar-refractivity contribution in [3.63, 3.8) is 0 Å². The summed E-state index contributed by atoms with van der Waals surface area (Å²) in [6.45, 7) is 9.83. The average molecular weight is 1440 g/mol. The highest BCUT2D eigenvalue weighted by Gasteiger charge is 2.62. The summed E-state index contributed by atoms with van der Waals surface area (Å²) >= 11 is 0. The van der Waals surface area contributed by atoms with Gasteiger partial charge >= 0.3 is 35.8 Å². The summed E-state index contributed by atoms with van der Waals surface area (Å²) in [6.07, 6.45) is -0.734. The molecule has 6 aromatic rings. The Kier molecular flexibility index (Phi) is 25.7. The Morgan fingerprint density at radius 2 is 0.369 bits per heavy atom. The third kappa shape index (κ3) is 20.1. The number of carbonyl (C=O) groups excluding carboxylic acids is 6. The fourth-order valence-electron chi connectivity index (χ4n) is 14.2. The summed E-state index contributed by atoms with van der Waals surface area (Å²) < 4.78 is 40.1. The van der Waals surface area contributed by atoms with Crippen molar-refractivity contribution in [3.8, 4) is 0 Å². The zero-order valence-corrected chi connectivity index (χ0v) is 58.7. The molecule has 6 aromatic heterocycles. The number of pyridine rings is 6. The minimum atomic E-state index is -1.85. The van der Waals surface area contributed by atoms with E-state index in [9.17, 15) is 0 Å². The average Bonchev–Trinajstić information content (AvgIpc) is 0.753. The Labute approximate surface area is 605 Å². The van der Waals surface area contributed by atoms with Gasteiger partial charge < -0.3 is 57.8 Å².